The van der Waals surface area contributed by atoms with E-state index in [9.17, 15) is 18.0 Å². The number of anilines is 1. The SMILES string of the molecule is CS(=O)(=O)N1CC(CCC(=O)N2CCC(C(=O)O)CC2)Oc2ccccc21. The first-order chi connectivity index (χ1) is 12.8. The van der Waals surface area contributed by atoms with Gasteiger partial charge in [-0.25, -0.2) is 8.42 Å². The number of carboxylic acids is 1. The first-order valence-electron chi connectivity index (χ1n) is 8.99. The number of aliphatic carboxylic acids is 1. The van der Waals surface area contributed by atoms with E-state index >= 15 is 0 Å². The maximum absolute atomic E-state index is 12.4. The number of carbonyl (C=O) groups excluding carboxylic acids is 1. The summed E-state index contributed by atoms with van der Waals surface area (Å²) in [7, 11) is -3.44. The van der Waals surface area contributed by atoms with Crippen LogP contribution >= 0.6 is 0 Å². The van der Waals surface area contributed by atoms with E-state index < -0.39 is 22.1 Å². The van der Waals surface area contributed by atoms with Crippen molar-refractivity contribution in [1.29, 1.82) is 0 Å². The van der Waals surface area contributed by atoms with Crippen molar-refractivity contribution >= 4 is 27.6 Å². The van der Waals surface area contributed by atoms with E-state index in [4.69, 9.17) is 9.84 Å². The molecule has 0 aromatic heterocycles. The molecule has 148 valence electrons. The van der Waals surface area contributed by atoms with Crippen molar-refractivity contribution in [2.75, 3.05) is 30.2 Å². The van der Waals surface area contributed by atoms with Crippen LogP contribution < -0.4 is 9.04 Å². The van der Waals surface area contributed by atoms with E-state index in [0.29, 0.717) is 43.8 Å². The molecule has 1 saturated heterocycles. The Morgan fingerprint density at radius 1 is 1.22 bits per heavy atom. The number of carboxylic acid groups (broad SMARTS) is 1. The highest BCUT2D eigenvalue weighted by Crippen LogP contribution is 2.35. The van der Waals surface area contributed by atoms with Gasteiger partial charge in [-0.3, -0.25) is 13.9 Å². The van der Waals surface area contributed by atoms with Crippen molar-refractivity contribution in [2.45, 2.75) is 31.8 Å². The van der Waals surface area contributed by atoms with Gasteiger partial charge in [-0.2, -0.15) is 0 Å². The maximum atomic E-state index is 12.4. The fourth-order valence-electron chi connectivity index (χ4n) is 3.55. The summed E-state index contributed by atoms with van der Waals surface area (Å²) in [6, 6.07) is 6.95. The molecule has 27 heavy (non-hydrogen) atoms. The normalized spacial score (nSPS) is 20.7. The molecule has 1 N–H and O–H groups in total. The molecule has 1 fully saturated rings. The number of hydrogen-bond donors (Lipinski definition) is 1. The summed E-state index contributed by atoms with van der Waals surface area (Å²) in [6.07, 6.45) is 2.33. The largest absolute Gasteiger partial charge is 0.486 e. The van der Waals surface area contributed by atoms with E-state index in [0.717, 1.165) is 6.26 Å². The van der Waals surface area contributed by atoms with Gasteiger partial charge in [0.25, 0.3) is 0 Å². The van der Waals surface area contributed by atoms with Crippen LogP contribution in [0, 0.1) is 5.92 Å². The molecule has 2 aliphatic rings. The minimum Gasteiger partial charge on any atom is -0.486 e. The van der Waals surface area contributed by atoms with Crippen molar-refractivity contribution < 1.29 is 27.9 Å². The second kappa shape index (κ2) is 7.75. The molecule has 0 saturated carbocycles. The minimum absolute atomic E-state index is 0.0489. The number of nitrogens with zero attached hydrogens (tertiary/aromatic N) is 2. The predicted molar refractivity (Wildman–Crippen MR) is 99.2 cm³/mol. The Bertz CT molecular complexity index is 817. The van der Waals surface area contributed by atoms with E-state index in [1.54, 1.807) is 29.2 Å². The fourth-order valence-corrected chi connectivity index (χ4v) is 4.49. The van der Waals surface area contributed by atoms with Crippen LogP contribution in [0.2, 0.25) is 0 Å². The van der Waals surface area contributed by atoms with Gasteiger partial charge in [0.15, 0.2) is 0 Å². The second-order valence-corrected chi connectivity index (χ2v) is 8.94. The zero-order valence-electron chi connectivity index (χ0n) is 15.2. The lowest BCUT2D eigenvalue weighted by molar-refractivity contribution is -0.145. The quantitative estimate of drug-likeness (QED) is 0.805. The molecular formula is C18H24N2O6S. The number of piperidine rings is 1. The molecule has 8 nitrogen and oxygen atoms in total. The Morgan fingerprint density at radius 3 is 2.52 bits per heavy atom. The molecule has 0 aliphatic carbocycles. The summed E-state index contributed by atoms with van der Waals surface area (Å²) < 4.78 is 31.4. The molecule has 1 atom stereocenters. The standard InChI is InChI=1S/C18H24N2O6S/c1-27(24,25)20-12-14(26-16-5-3-2-4-15(16)20)6-7-17(21)19-10-8-13(9-11-19)18(22)23/h2-5,13-14H,6-12H2,1H3,(H,22,23). The molecule has 2 heterocycles. The number of hydrogen-bond acceptors (Lipinski definition) is 5. The molecule has 0 radical (unpaired) electrons. The van der Waals surface area contributed by atoms with Crippen LogP contribution in [-0.2, 0) is 19.6 Å². The van der Waals surface area contributed by atoms with Gasteiger partial charge < -0.3 is 14.7 Å². The maximum Gasteiger partial charge on any atom is 0.306 e. The monoisotopic (exact) mass is 396 g/mol. The lowest BCUT2D eigenvalue weighted by Gasteiger charge is -2.35. The zero-order valence-corrected chi connectivity index (χ0v) is 16.0. The summed E-state index contributed by atoms with van der Waals surface area (Å²) in [5, 5.41) is 9.03. The highest BCUT2D eigenvalue weighted by molar-refractivity contribution is 7.92. The highest BCUT2D eigenvalue weighted by atomic mass is 32.2. The Morgan fingerprint density at radius 2 is 1.89 bits per heavy atom. The van der Waals surface area contributed by atoms with Crippen LogP contribution in [0.1, 0.15) is 25.7 Å². The van der Waals surface area contributed by atoms with Crippen LogP contribution in [0.4, 0.5) is 5.69 Å². The minimum atomic E-state index is -3.44. The van der Waals surface area contributed by atoms with Crippen LogP contribution in [-0.4, -0.2) is 62.3 Å². The Balaban J connectivity index is 1.59. The van der Waals surface area contributed by atoms with E-state index in [2.05, 4.69) is 0 Å². The zero-order chi connectivity index (χ0) is 19.6. The fraction of sp³-hybridized carbons (Fsp3) is 0.556. The topological polar surface area (TPSA) is 104 Å². The molecule has 9 heteroatoms. The lowest BCUT2D eigenvalue weighted by atomic mass is 9.97. The number of likely N-dealkylation sites (tertiary alicyclic amines) is 1. The average molecular weight is 396 g/mol. The molecule has 3 rings (SSSR count). The van der Waals surface area contributed by atoms with Gasteiger partial charge in [0.2, 0.25) is 15.9 Å². The molecule has 0 bridgehead atoms. The first-order valence-corrected chi connectivity index (χ1v) is 10.8. The summed E-state index contributed by atoms with van der Waals surface area (Å²) in [6.45, 7) is 1.06. The van der Waals surface area contributed by atoms with Crippen LogP contribution in [0.15, 0.2) is 24.3 Å². The third-order valence-electron chi connectivity index (χ3n) is 5.07. The first kappa shape index (κ1) is 19.5. The molecule has 0 spiro atoms. The highest BCUT2D eigenvalue weighted by Gasteiger charge is 2.32. The number of amides is 1. The predicted octanol–water partition coefficient (Wildman–Crippen LogP) is 1.32. The number of para-hydroxylation sites is 2. The molecule has 1 aromatic rings. The summed E-state index contributed by atoms with van der Waals surface area (Å²) in [5.74, 6) is -0.742. The Kier molecular flexibility index (Phi) is 5.59. The molecule has 1 unspecified atom stereocenters. The summed E-state index contributed by atoms with van der Waals surface area (Å²) >= 11 is 0. The van der Waals surface area contributed by atoms with Gasteiger partial charge in [-0.1, -0.05) is 12.1 Å². The summed E-state index contributed by atoms with van der Waals surface area (Å²) in [5.41, 5.74) is 0.512. The second-order valence-electron chi connectivity index (χ2n) is 7.03. The number of fused-ring (bicyclic) bond motifs is 1. The molecule has 2 aliphatic heterocycles. The van der Waals surface area contributed by atoms with Crippen LogP contribution in [0.3, 0.4) is 0 Å². The smallest absolute Gasteiger partial charge is 0.306 e. The number of ether oxygens (including phenoxy) is 1. The van der Waals surface area contributed by atoms with Crippen LogP contribution in [0.5, 0.6) is 5.75 Å². The van der Waals surface area contributed by atoms with Crippen molar-refractivity contribution in [3.63, 3.8) is 0 Å². The van der Waals surface area contributed by atoms with Crippen molar-refractivity contribution in [3.05, 3.63) is 24.3 Å². The van der Waals surface area contributed by atoms with Crippen LogP contribution in [0.25, 0.3) is 0 Å². The number of benzene rings is 1. The van der Waals surface area contributed by atoms with Crippen molar-refractivity contribution in [1.82, 2.24) is 4.90 Å². The van der Waals surface area contributed by atoms with Gasteiger partial charge in [0.05, 0.1) is 24.4 Å². The molecule has 1 amide bonds. The molecule has 1 aromatic carbocycles. The third-order valence-corrected chi connectivity index (χ3v) is 6.22. The Hall–Kier alpha value is -2.29. The van der Waals surface area contributed by atoms with E-state index in [1.165, 1.54) is 4.31 Å². The van der Waals surface area contributed by atoms with Crippen molar-refractivity contribution in [3.8, 4) is 5.75 Å². The number of sulfonamides is 1. The van der Waals surface area contributed by atoms with Gasteiger partial charge >= 0.3 is 5.97 Å². The van der Waals surface area contributed by atoms with Gasteiger partial charge in [-0.05, 0) is 31.4 Å². The van der Waals surface area contributed by atoms with E-state index in [1.807, 2.05) is 0 Å². The Labute approximate surface area is 158 Å². The van der Waals surface area contributed by atoms with Gasteiger partial charge in [0, 0.05) is 19.5 Å². The van der Waals surface area contributed by atoms with Crippen molar-refractivity contribution in [2.24, 2.45) is 5.92 Å². The van der Waals surface area contributed by atoms with Gasteiger partial charge in [-0.15, -0.1) is 0 Å². The average Bonchev–Trinajstić information content (AvgIpc) is 2.64. The number of rotatable bonds is 5. The van der Waals surface area contributed by atoms with Gasteiger partial charge in [0.1, 0.15) is 11.9 Å². The number of carbonyl (C=O) groups is 2. The summed E-state index contributed by atoms with van der Waals surface area (Å²) in [4.78, 5) is 25.1. The lowest BCUT2D eigenvalue weighted by Crippen LogP contribution is -2.44. The molecular weight excluding hydrogens is 372 g/mol. The third kappa shape index (κ3) is 4.52. The van der Waals surface area contributed by atoms with E-state index in [-0.39, 0.29) is 24.8 Å².